The predicted octanol–water partition coefficient (Wildman–Crippen LogP) is 3.78. The molecule has 2 heterocycles. The summed E-state index contributed by atoms with van der Waals surface area (Å²) in [6.07, 6.45) is 2.61. The summed E-state index contributed by atoms with van der Waals surface area (Å²) in [5.41, 5.74) is 2.34. The van der Waals surface area contributed by atoms with Gasteiger partial charge in [-0.1, -0.05) is 19.1 Å². The monoisotopic (exact) mass is 464 g/mol. The van der Waals surface area contributed by atoms with Crippen LogP contribution in [0.1, 0.15) is 42.5 Å². The molecule has 2 aliphatic heterocycles. The SMILES string of the molecule is CCCOc1cccc(C2/C(=C(/O)c3ccc4c(c3)CCCO4)C(=O)C(=O)N2CCN(C)C)c1. The Morgan fingerprint density at radius 1 is 1.21 bits per heavy atom. The van der Waals surface area contributed by atoms with Crippen LogP contribution in [0.5, 0.6) is 11.5 Å². The molecule has 0 aliphatic carbocycles. The van der Waals surface area contributed by atoms with Crippen molar-refractivity contribution in [1.29, 1.82) is 0 Å². The van der Waals surface area contributed by atoms with Crippen LogP contribution in [-0.4, -0.2) is 67.0 Å². The van der Waals surface area contributed by atoms with Gasteiger partial charge in [0.25, 0.3) is 11.7 Å². The predicted molar refractivity (Wildman–Crippen MR) is 130 cm³/mol. The number of fused-ring (bicyclic) bond motifs is 1. The minimum atomic E-state index is -0.697. The molecular weight excluding hydrogens is 432 g/mol. The van der Waals surface area contributed by atoms with Gasteiger partial charge in [0.15, 0.2) is 0 Å². The summed E-state index contributed by atoms with van der Waals surface area (Å²) in [5, 5.41) is 11.3. The number of aliphatic hydroxyl groups is 1. The van der Waals surface area contributed by atoms with Gasteiger partial charge in [-0.2, -0.15) is 0 Å². The normalized spacial score (nSPS) is 19.3. The molecule has 0 radical (unpaired) electrons. The van der Waals surface area contributed by atoms with Crippen LogP contribution < -0.4 is 9.47 Å². The first-order chi connectivity index (χ1) is 16.4. The zero-order valence-electron chi connectivity index (χ0n) is 20.0. The molecule has 180 valence electrons. The maximum absolute atomic E-state index is 13.2. The van der Waals surface area contributed by atoms with Crippen LogP contribution in [-0.2, 0) is 16.0 Å². The van der Waals surface area contributed by atoms with E-state index in [9.17, 15) is 14.7 Å². The molecule has 7 nitrogen and oxygen atoms in total. The van der Waals surface area contributed by atoms with E-state index in [-0.39, 0.29) is 11.3 Å². The number of carbonyl (C=O) groups excluding carboxylic acids is 2. The topological polar surface area (TPSA) is 79.3 Å². The van der Waals surface area contributed by atoms with E-state index in [1.54, 1.807) is 11.0 Å². The molecule has 1 amide bonds. The van der Waals surface area contributed by atoms with Crippen molar-refractivity contribution in [2.75, 3.05) is 40.4 Å². The maximum Gasteiger partial charge on any atom is 0.295 e. The molecule has 4 rings (SSSR count). The van der Waals surface area contributed by atoms with E-state index in [0.29, 0.717) is 37.6 Å². The van der Waals surface area contributed by atoms with Gasteiger partial charge in [-0.25, -0.2) is 0 Å². The highest BCUT2D eigenvalue weighted by Crippen LogP contribution is 2.40. The molecule has 0 bridgehead atoms. The molecule has 1 saturated heterocycles. The minimum Gasteiger partial charge on any atom is -0.507 e. The van der Waals surface area contributed by atoms with Crippen molar-refractivity contribution in [3.05, 3.63) is 64.7 Å². The van der Waals surface area contributed by atoms with E-state index >= 15 is 0 Å². The number of Topliss-reactive ketones (excluding diaryl/α,β-unsaturated/α-hetero) is 1. The Hall–Kier alpha value is -3.32. The van der Waals surface area contributed by atoms with Crippen LogP contribution in [0.3, 0.4) is 0 Å². The van der Waals surface area contributed by atoms with Crippen molar-refractivity contribution >= 4 is 17.4 Å². The van der Waals surface area contributed by atoms with Crippen LogP contribution in [0, 0.1) is 0 Å². The highest BCUT2D eigenvalue weighted by molar-refractivity contribution is 6.46. The standard InChI is InChI=1S/C27H32N2O5/c1-4-14-33-21-9-5-7-19(17-21)24-23(26(31)27(32)29(24)13-12-28(2)3)25(30)20-10-11-22-18(16-20)8-6-15-34-22/h5,7,9-11,16-17,24,30H,4,6,8,12-15H2,1-3H3/b25-23-. The van der Waals surface area contributed by atoms with Gasteiger partial charge in [-0.05, 0) is 74.8 Å². The van der Waals surface area contributed by atoms with Crippen molar-refractivity contribution < 1.29 is 24.2 Å². The second-order valence-corrected chi connectivity index (χ2v) is 8.99. The second kappa shape index (κ2) is 10.3. The number of carbonyl (C=O) groups is 2. The number of hydrogen-bond acceptors (Lipinski definition) is 6. The summed E-state index contributed by atoms with van der Waals surface area (Å²) in [7, 11) is 3.83. The number of aryl methyl sites for hydroxylation is 1. The summed E-state index contributed by atoms with van der Waals surface area (Å²) in [5.74, 6) is 0.0312. The van der Waals surface area contributed by atoms with Crippen molar-refractivity contribution in [2.45, 2.75) is 32.2 Å². The third-order valence-electron chi connectivity index (χ3n) is 6.16. The Kier molecular flexibility index (Phi) is 7.22. The lowest BCUT2D eigenvalue weighted by Crippen LogP contribution is -2.35. The lowest BCUT2D eigenvalue weighted by molar-refractivity contribution is -0.140. The molecule has 2 aliphatic rings. The fourth-order valence-corrected chi connectivity index (χ4v) is 4.42. The van der Waals surface area contributed by atoms with E-state index in [0.717, 1.165) is 36.1 Å². The van der Waals surface area contributed by atoms with Gasteiger partial charge in [0, 0.05) is 18.7 Å². The zero-order chi connectivity index (χ0) is 24.2. The minimum absolute atomic E-state index is 0.105. The number of hydrogen-bond donors (Lipinski definition) is 1. The molecule has 1 atom stereocenters. The maximum atomic E-state index is 13.2. The Morgan fingerprint density at radius 2 is 2.03 bits per heavy atom. The third kappa shape index (κ3) is 4.80. The molecule has 1 unspecified atom stereocenters. The molecule has 1 N–H and O–H groups in total. The Labute approximate surface area is 200 Å². The third-order valence-corrected chi connectivity index (χ3v) is 6.16. The first kappa shape index (κ1) is 23.8. The van der Waals surface area contributed by atoms with E-state index in [2.05, 4.69) is 0 Å². The van der Waals surface area contributed by atoms with Gasteiger partial charge < -0.3 is 24.4 Å². The average Bonchev–Trinajstić information content (AvgIpc) is 3.10. The van der Waals surface area contributed by atoms with Gasteiger partial charge in [0.2, 0.25) is 0 Å². The molecule has 0 aromatic heterocycles. The van der Waals surface area contributed by atoms with Crippen LogP contribution in [0.25, 0.3) is 5.76 Å². The highest BCUT2D eigenvalue weighted by Gasteiger charge is 2.46. The molecular formula is C27H32N2O5. The van der Waals surface area contributed by atoms with Gasteiger partial charge in [-0.3, -0.25) is 9.59 Å². The number of likely N-dealkylation sites (tertiary alicyclic amines) is 1. The molecule has 2 aromatic rings. The molecule has 0 spiro atoms. The first-order valence-electron chi connectivity index (χ1n) is 11.8. The summed E-state index contributed by atoms with van der Waals surface area (Å²) in [4.78, 5) is 29.8. The lowest BCUT2D eigenvalue weighted by atomic mass is 9.94. The Bertz CT molecular complexity index is 1110. The number of likely N-dealkylation sites (N-methyl/N-ethyl adjacent to an activating group) is 1. The molecule has 2 aromatic carbocycles. The van der Waals surface area contributed by atoms with E-state index in [1.807, 2.05) is 62.3 Å². The van der Waals surface area contributed by atoms with Gasteiger partial charge >= 0.3 is 0 Å². The van der Waals surface area contributed by atoms with Crippen LogP contribution in [0.2, 0.25) is 0 Å². The van der Waals surface area contributed by atoms with Crippen molar-refractivity contribution in [1.82, 2.24) is 9.80 Å². The Balaban J connectivity index is 1.80. The number of aliphatic hydroxyl groups excluding tert-OH is 1. The van der Waals surface area contributed by atoms with Crippen LogP contribution in [0.15, 0.2) is 48.0 Å². The summed E-state index contributed by atoms with van der Waals surface area (Å²) >= 11 is 0. The summed E-state index contributed by atoms with van der Waals surface area (Å²) in [6, 6.07) is 12.1. The van der Waals surface area contributed by atoms with E-state index in [4.69, 9.17) is 9.47 Å². The van der Waals surface area contributed by atoms with Crippen LogP contribution >= 0.6 is 0 Å². The Morgan fingerprint density at radius 3 is 2.79 bits per heavy atom. The fourth-order valence-electron chi connectivity index (χ4n) is 4.42. The van der Waals surface area contributed by atoms with E-state index < -0.39 is 17.7 Å². The average molecular weight is 465 g/mol. The lowest BCUT2D eigenvalue weighted by Gasteiger charge is -2.27. The van der Waals surface area contributed by atoms with Crippen molar-refractivity contribution in [3.8, 4) is 11.5 Å². The highest BCUT2D eigenvalue weighted by atomic mass is 16.5. The number of rotatable bonds is 8. The first-order valence-corrected chi connectivity index (χ1v) is 11.8. The smallest absolute Gasteiger partial charge is 0.295 e. The molecule has 7 heteroatoms. The number of ketones is 1. The van der Waals surface area contributed by atoms with E-state index in [1.165, 1.54) is 0 Å². The quantitative estimate of drug-likeness (QED) is 0.364. The fraction of sp³-hybridized carbons (Fsp3) is 0.407. The molecule has 1 fully saturated rings. The molecule has 34 heavy (non-hydrogen) atoms. The van der Waals surface area contributed by atoms with Gasteiger partial charge in [-0.15, -0.1) is 0 Å². The summed E-state index contributed by atoms with van der Waals surface area (Å²) < 4.78 is 11.5. The largest absolute Gasteiger partial charge is 0.507 e. The number of ether oxygens (including phenoxy) is 2. The number of benzene rings is 2. The summed E-state index contributed by atoms with van der Waals surface area (Å²) in [6.45, 7) is 4.22. The molecule has 0 saturated carbocycles. The van der Waals surface area contributed by atoms with Crippen molar-refractivity contribution in [3.63, 3.8) is 0 Å². The zero-order valence-corrected chi connectivity index (χ0v) is 20.0. The number of nitrogens with zero attached hydrogens (tertiary/aromatic N) is 2. The second-order valence-electron chi connectivity index (χ2n) is 8.99. The van der Waals surface area contributed by atoms with Gasteiger partial charge in [0.1, 0.15) is 17.3 Å². The van der Waals surface area contributed by atoms with Gasteiger partial charge in [0.05, 0.1) is 24.8 Å². The van der Waals surface area contributed by atoms with Crippen molar-refractivity contribution in [2.24, 2.45) is 0 Å². The number of amides is 1. The van der Waals surface area contributed by atoms with Crippen LogP contribution in [0.4, 0.5) is 0 Å².